The van der Waals surface area contributed by atoms with E-state index in [9.17, 15) is 29.4 Å². The van der Waals surface area contributed by atoms with Crippen molar-refractivity contribution in [1.29, 1.82) is 0 Å². The van der Waals surface area contributed by atoms with Gasteiger partial charge >= 0.3 is 17.9 Å². The fourth-order valence-electron chi connectivity index (χ4n) is 1.57. The van der Waals surface area contributed by atoms with Crippen molar-refractivity contribution in [3.8, 4) is 0 Å². The Kier molecular flexibility index (Phi) is 8.28. The van der Waals surface area contributed by atoms with Gasteiger partial charge < -0.3 is 24.4 Å². The number of hydrogen-bond acceptors (Lipinski definition) is 9. The molecule has 0 saturated carbocycles. The summed E-state index contributed by atoms with van der Waals surface area (Å²) in [6.07, 6.45) is -6.69. The Balaban J connectivity index is 5.24. The van der Waals surface area contributed by atoms with Gasteiger partial charge in [-0.2, -0.15) is 0 Å². The summed E-state index contributed by atoms with van der Waals surface area (Å²) < 4.78 is 14.1. The molecule has 9 nitrogen and oxygen atoms in total. The van der Waals surface area contributed by atoms with Gasteiger partial charge in [-0.05, 0) is 6.92 Å². The number of ether oxygens (including phenoxy) is 3. The average Bonchev–Trinajstić information content (AvgIpc) is 2.38. The van der Waals surface area contributed by atoms with Gasteiger partial charge in [-0.3, -0.25) is 19.2 Å². The van der Waals surface area contributed by atoms with Crippen LogP contribution in [0.4, 0.5) is 0 Å². The van der Waals surface area contributed by atoms with Crippen LogP contribution in [0.2, 0.25) is 0 Å². The molecule has 0 spiro atoms. The predicted molar refractivity (Wildman–Crippen MR) is 70.4 cm³/mol. The Morgan fingerprint density at radius 2 is 1.36 bits per heavy atom. The average molecular weight is 320 g/mol. The highest BCUT2D eigenvalue weighted by Crippen LogP contribution is 2.14. The smallest absolute Gasteiger partial charge is 0.303 e. The molecule has 4 unspecified atom stereocenters. The summed E-state index contributed by atoms with van der Waals surface area (Å²) in [7, 11) is 0. The Morgan fingerprint density at radius 3 is 1.73 bits per heavy atom. The highest BCUT2D eigenvalue weighted by molar-refractivity contribution is 5.81. The largest absolute Gasteiger partial charge is 0.462 e. The first-order valence-electron chi connectivity index (χ1n) is 6.40. The van der Waals surface area contributed by atoms with Crippen molar-refractivity contribution in [3.63, 3.8) is 0 Å². The van der Waals surface area contributed by atoms with Crippen molar-refractivity contribution in [2.45, 2.75) is 52.1 Å². The van der Waals surface area contributed by atoms with Crippen molar-refractivity contribution in [2.24, 2.45) is 0 Å². The van der Waals surface area contributed by atoms with E-state index in [0.29, 0.717) is 0 Å². The molecule has 0 fully saturated rings. The lowest BCUT2D eigenvalue weighted by Crippen LogP contribution is -2.51. The van der Waals surface area contributed by atoms with E-state index in [1.165, 1.54) is 0 Å². The second-order valence-corrected chi connectivity index (χ2v) is 4.57. The molecule has 0 aromatic heterocycles. The van der Waals surface area contributed by atoms with Crippen LogP contribution in [0, 0.1) is 0 Å². The lowest BCUT2D eigenvalue weighted by molar-refractivity contribution is -0.186. The number of aliphatic hydroxyl groups is 2. The summed E-state index contributed by atoms with van der Waals surface area (Å²) in [6.45, 7) is 3.67. The van der Waals surface area contributed by atoms with E-state index in [4.69, 9.17) is 9.47 Å². The van der Waals surface area contributed by atoms with E-state index < -0.39 is 54.7 Å². The van der Waals surface area contributed by atoms with E-state index >= 15 is 0 Å². The van der Waals surface area contributed by atoms with Gasteiger partial charge in [-0.15, -0.1) is 0 Å². The SMILES string of the molecule is CC(=O)OCC(OC(C)=O)C(O)C(OC(C)=O)C(O)C(C)=O. The fraction of sp³-hybridized carbons (Fsp3) is 0.692. The number of carbonyl (C=O) groups excluding carboxylic acids is 4. The van der Waals surface area contributed by atoms with Gasteiger partial charge in [0.05, 0.1) is 0 Å². The highest BCUT2D eigenvalue weighted by atomic mass is 16.6. The molecule has 2 N–H and O–H groups in total. The lowest BCUT2D eigenvalue weighted by Gasteiger charge is -2.30. The normalized spacial score (nSPS) is 15.9. The molecule has 0 aliphatic heterocycles. The molecule has 0 amide bonds. The summed E-state index contributed by atoms with van der Waals surface area (Å²) in [5.74, 6) is -3.12. The van der Waals surface area contributed by atoms with E-state index in [0.717, 1.165) is 27.7 Å². The van der Waals surface area contributed by atoms with Crippen molar-refractivity contribution in [1.82, 2.24) is 0 Å². The fourth-order valence-corrected chi connectivity index (χ4v) is 1.57. The van der Waals surface area contributed by atoms with Crippen LogP contribution in [0.5, 0.6) is 0 Å². The number of Topliss-reactive ketones (excluding diaryl/α,β-unsaturated/α-hetero) is 1. The minimum absolute atomic E-state index is 0.529. The molecule has 0 aliphatic rings. The predicted octanol–water partition coefficient (Wildman–Crippen LogP) is -1.28. The van der Waals surface area contributed by atoms with Crippen LogP contribution in [-0.4, -0.2) is 64.9 Å². The topological polar surface area (TPSA) is 136 Å². The number of rotatable bonds is 8. The van der Waals surface area contributed by atoms with Gasteiger partial charge in [-0.1, -0.05) is 0 Å². The van der Waals surface area contributed by atoms with Crippen LogP contribution in [0.15, 0.2) is 0 Å². The quantitative estimate of drug-likeness (QED) is 0.414. The Morgan fingerprint density at radius 1 is 0.864 bits per heavy atom. The first-order valence-corrected chi connectivity index (χ1v) is 6.40. The van der Waals surface area contributed by atoms with Crippen molar-refractivity contribution in [2.75, 3.05) is 6.61 Å². The second kappa shape index (κ2) is 9.11. The molecule has 0 bridgehead atoms. The number of hydrogen-bond donors (Lipinski definition) is 2. The van der Waals surface area contributed by atoms with Crippen molar-refractivity contribution in [3.05, 3.63) is 0 Å². The highest BCUT2D eigenvalue weighted by Gasteiger charge is 2.39. The van der Waals surface area contributed by atoms with Gasteiger partial charge in [0.1, 0.15) is 12.7 Å². The number of ketones is 1. The Hall–Kier alpha value is -2.00. The third kappa shape index (κ3) is 7.14. The van der Waals surface area contributed by atoms with Crippen LogP contribution in [0.25, 0.3) is 0 Å². The zero-order valence-corrected chi connectivity index (χ0v) is 12.8. The molecule has 0 aromatic rings. The van der Waals surface area contributed by atoms with Gasteiger partial charge in [-0.25, -0.2) is 0 Å². The van der Waals surface area contributed by atoms with Gasteiger partial charge in [0.15, 0.2) is 24.1 Å². The molecule has 4 atom stereocenters. The summed E-state index contributed by atoms with van der Waals surface area (Å²) in [5.41, 5.74) is 0. The second-order valence-electron chi connectivity index (χ2n) is 4.57. The van der Waals surface area contributed by atoms with Crippen LogP contribution in [-0.2, 0) is 33.4 Å². The molecule has 22 heavy (non-hydrogen) atoms. The molecule has 0 rings (SSSR count). The molecule has 0 aliphatic carbocycles. The first kappa shape index (κ1) is 20.0. The van der Waals surface area contributed by atoms with Gasteiger partial charge in [0, 0.05) is 20.8 Å². The maximum atomic E-state index is 11.2. The van der Waals surface area contributed by atoms with Crippen LogP contribution >= 0.6 is 0 Å². The molecule has 0 saturated heterocycles. The number of esters is 3. The first-order chi connectivity index (χ1) is 10.1. The molecule has 0 aromatic carbocycles. The van der Waals surface area contributed by atoms with Crippen LogP contribution < -0.4 is 0 Å². The summed E-state index contributed by atoms with van der Waals surface area (Å²) >= 11 is 0. The van der Waals surface area contributed by atoms with Crippen molar-refractivity contribution >= 4 is 23.7 Å². The van der Waals surface area contributed by atoms with Gasteiger partial charge in [0.25, 0.3) is 0 Å². The third-order valence-electron chi connectivity index (χ3n) is 2.52. The summed E-state index contributed by atoms with van der Waals surface area (Å²) in [5, 5.41) is 19.9. The van der Waals surface area contributed by atoms with Crippen molar-refractivity contribution < 1.29 is 43.6 Å². The molecule has 126 valence electrons. The molecular formula is C13H20O9. The third-order valence-corrected chi connectivity index (χ3v) is 2.52. The van der Waals surface area contributed by atoms with Crippen LogP contribution in [0.1, 0.15) is 27.7 Å². The number of carbonyl (C=O) groups is 4. The van der Waals surface area contributed by atoms with E-state index in [2.05, 4.69) is 4.74 Å². The summed E-state index contributed by atoms with van der Waals surface area (Å²) in [6, 6.07) is 0. The molecule has 0 radical (unpaired) electrons. The maximum Gasteiger partial charge on any atom is 0.303 e. The Labute approximate surface area is 127 Å². The van der Waals surface area contributed by atoms with Gasteiger partial charge in [0.2, 0.25) is 0 Å². The monoisotopic (exact) mass is 320 g/mol. The lowest BCUT2D eigenvalue weighted by atomic mass is 10.0. The zero-order chi connectivity index (χ0) is 17.4. The minimum atomic E-state index is -1.82. The molecule has 0 heterocycles. The van der Waals surface area contributed by atoms with Crippen LogP contribution in [0.3, 0.4) is 0 Å². The molecular weight excluding hydrogens is 300 g/mol. The van der Waals surface area contributed by atoms with E-state index in [1.54, 1.807) is 0 Å². The maximum absolute atomic E-state index is 11.2. The summed E-state index contributed by atoms with van der Waals surface area (Å²) in [4.78, 5) is 44.1. The van der Waals surface area contributed by atoms with E-state index in [-0.39, 0.29) is 0 Å². The number of aliphatic hydroxyl groups excluding tert-OH is 2. The standard InChI is InChI=1S/C13H20O9/c1-6(14)11(18)13(22-9(4)17)12(19)10(21-8(3)16)5-20-7(2)15/h10-13,18-19H,5H2,1-4H3. The Bertz CT molecular complexity index is 431. The zero-order valence-electron chi connectivity index (χ0n) is 12.8. The van der Waals surface area contributed by atoms with E-state index in [1.807, 2.05) is 0 Å². The molecule has 9 heteroatoms. The minimum Gasteiger partial charge on any atom is -0.462 e.